The third-order valence-corrected chi connectivity index (χ3v) is 2.30. The molecule has 1 aromatic rings. The maximum atomic E-state index is 11.9. The van der Waals surface area contributed by atoms with Crippen molar-refractivity contribution >= 4 is 5.97 Å². The van der Waals surface area contributed by atoms with E-state index >= 15 is 0 Å². The topological polar surface area (TPSA) is 107 Å². The van der Waals surface area contributed by atoms with Gasteiger partial charge < -0.3 is 25.2 Å². The summed E-state index contributed by atoms with van der Waals surface area (Å²) in [6.07, 6.45) is -9.20. The summed E-state index contributed by atoms with van der Waals surface area (Å²) >= 11 is 0. The van der Waals surface area contributed by atoms with Gasteiger partial charge in [0.2, 0.25) is 0 Å². The van der Waals surface area contributed by atoms with E-state index < -0.39 is 42.5 Å². The Morgan fingerprint density at radius 2 is 1.90 bits per heavy atom. The minimum absolute atomic E-state index is 0.312. The van der Waals surface area contributed by atoms with Gasteiger partial charge in [-0.15, -0.1) is 13.2 Å². The van der Waals surface area contributed by atoms with Crippen LogP contribution in [0.25, 0.3) is 0 Å². The van der Waals surface area contributed by atoms with E-state index in [2.05, 4.69) is 4.74 Å². The Morgan fingerprint density at radius 3 is 2.35 bits per heavy atom. The first kappa shape index (κ1) is 16.1. The number of benzene rings is 1. The average molecular weight is 296 g/mol. The highest BCUT2D eigenvalue weighted by Crippen LogP contribution is 2.33. The van der Waals surface area contributed by atoms with Crippen molar-refractivity contribution in [3.8, 4) is 11.5 Å². The quantitative estimate of drug-likeness (QED) is 0.649. The standard InChI is InChI=1S/C11H11F3O6/c12-11(13,14)20-5-1-2-6(7(15)3-5)10(19)8(16)4-9(17)18/h1-3,8,10,15-16,19H,4H2,(H,17,18). The molecule has 0 aliphatic carbocycles. The Kier molecular flexibility index (Phi) is 4.79. The van der Waals surface area contributed by atoms with Crippen molar-refractivity contribution in [1.82, 2.24) is 0 Å². The van der Waals surface area contributed by atoms with Crippen molar-refractivity contribution in [3.05, 3.63) is 23.8 Å². The molecule has 2 atom stereocenters. The van der Waals surface area contributed by atoms with E-state index in [-0.39, 0.29) is 5.56 Å². The number of rotatable bonds is 5. The van der Waals surface area contributed by atoms with Crippen molar-refractivity contribution in [2.24, 2.45) is 0 Å². The number of aliphatic hydroxyl groups excluding tert-OH is 2. The highest BCUT2D eigenvalue weighted by atomic mass is 19.4. The van der Waals surface area contributed by atoms with Gasteiger partial charge in [-0.2, -0.15) is 0 Å². The Hall–Kier alpha value is -2.00. The van der Waals surface area contributed by atoms with E-state index in [0.29, 0.717) is 6.07 Å². The molecule has 0 fully saturated rings. The third kappa shape index (κ3) is 4.59. The van der Waals surface area contributed by atoms with Gasteiger partial charge in [-0.3, -0.25) is 4.79 Å². The fourth-order valence-corrected chi connectivity index (χ4v) is 1.47. The SMILES string of the molecule is O=C(O)CC(O)C(O)c1ccc(OC(F)(F)F)cc1O. The van der Waals surface area contributed by atoms with Crippen molar-refractivity contribution < 1.29 is 43.1 Å². The number of phenolic OH excluding ortho intramolecular Hbond substituents is 1. The summed E-state index contributed by atoms with van der Waals surface area (Å²) in [4.78, 5) is 10.4. The van der Waals surface area contributed by atoms with Crippen molar-refractivity contribution in [2.45, 2.75) is 25.0 Å². The second kappa shape index (κ2) is 5.97. The lowest BCUT2D eigenvalue weighted by molar-refractivity contribution is -0.274. The zero-order valence-electron chi connectivity index (χ0n) is 9.83. The molecule has 1 rings (SSSR count). The third-order valence-electron chi connectivity index (χ3n) is 2.30. The Balaban J connectivity index is 2.90. The monoisotopic (exact) mass is 296 g/mol. The Bertz CT molecular complexity index is 488. The molecule has 1 aromatic carbocycles. The molecule has 0 aliphatic heterocycles. The predicted octanol–water partition coefficient (Wildman–Crippen LogP) is 1.16. The molecule has 0 spiro atoms. The summed E-state index contributed by atoms with van der Waals surface area (Å²) in [5.74, 6) is -2.85. The number of hydrogen-bond acceptors (Lipinski definition) is 5. The molecule has 0 aromatic heterocycles. The molecule has 0 saturated heterocycles. The maximum absolute atomic E-state index is 11.9. The van der Waals surface area contributed by atoms with Gasteiger partial charge in [-0.25, -0.2) is 0 Å². The summed E-state index contributed by atoms with van der Waals surface area (Å²) in [7, 11) is 0. The van der Waals surface area contributed by atoms with E-state index in [9.17, 15) is 33.3 Å². The Labute approximate surface area is 110 Å². The molecular weight excluding hydrogens is 285 g/mol. The number of carboxylic acid groups (broad SMARTS) is 1. The summed E-state index contributed by atoms with van der Waals surface area (Å²) < 4.78 is 39.4. The first-order valence-electron chi connectivity index (χ1n) is 5.26. The number of halogens is 3. The van der Waals surface area contributed by atoms with E-state index in [1.165, 1.54) is 0 Å². The Morgan fingerprint density at radius 1 is 1.30 bits per heavy atom. The molecule has 0 bridgehead atoms. The normalized spacial score (nSPS) is 14.7. The van der Waals surface area contributed by atoms with Gasteiger partial charge >= 0.3 is 12.3 Å². The van der Waals surface area contributed by atoms with E-state index in [1.54, 1.807) is 0 Å². The molecule has 0 aliphatic rings. The number of aliphatic carboxylic acids is 1. The van der Waals surface area contributed by atoms with Gasteiger partial charge in [-0.1, -0.05) is 0 Å². The lowest BCUT2D eigenvalue weighted by atomic mass is 10.0. The molecular formula is C11H11F3O6. The van der Waals surface area contributed by atoms with Crippen LogP contribution in [0.5, 0.6) is 11.5 Å². The van der Waals surface area contributed by atoms with Gasteiger partial charge in [0.25, 0.3) is 0 Å². The highest BCUT2D eigenvalue weighted by molar-refractivity contribution is 5.67. The lowest BCUT2D eigenvalue weighted by Gasteiger charge is -2.18. The molecule has 0 heterocycles. The fourth-order valence-electron chi connectivity index (χ4n) is 1.47. The molecule has 112 valence electrons. The van der Waals surface area contributed by atoms with Gasteiger partial charge in [0.15, 0.2) is 0 Å². The van der Waals surface area contributed by atoms with Gasteiger partial charge in [0.05, 0.1) is 12.5 Å². The number of carbonyl (C=O) groups is 1. The molecule has 20 heavy (non-hydrogen) atoms. The predicted molar refractivity (Wildman–Crippen MR) is 58.0 cm³/mol. The average Bonchev–Trinajstić information content (AvgIpc) is 2.25. The largest absolute Gasteiger partial charge is 0.573 e. The molecule has 4 N–H and O–H groups in total. The van der Waals surface area contributed by atoms with Gasteiger partial charge in [-0.05, 0) is 12.1 Å². The summed E-state index contributed by atoms with van der Waals surface area (Å²) in [6, 6.07) is 2.31. The van der Waals surface area contributed by atoms with Crippen LogP contribution in [-0.2, 0) is 4.79 Å². The summed E-state index contributed by atoms with van der Waals surface area (Å²) in [6.45, 7) is 0. The van der Waals surface area contributed by atoms with Gasteiger partial charge in [0.1, 0.15) is 17.6 Å². The van der Waals surface area contributed by atoms with Crippen molar-refractivity contribution in [2.75, 3.05) is 0 Å². The number of aromatic hydroxyl groups is 1. The molecule has 2 unspecified atom stereocenters. The number of hydrogen-bond donors (Lipinski definition) is 4. The maximum Gasteiger partial charge on any atom is 0.573 e. The second-order valence-electron chi connectivity index (χ2n) is 3.88. The van der Waals surface area contributed by atoms with Crippen LogP contribution in [0.4, 0.5) is 13.2 Å². The number of ether oxygens (including phenoxy) is 1. The molecule has 9 heteroatoms. The second-order valence-corrected chi connectivity index (χ2v) is 3.88. The van der Waals surface area contributed by atoms with Crippen LogP contribution in [0.3, 0.4) is 0 Å². The zero-order chi connectivity index (χ0) is 15.5. The zero-order valence-corrected chi connectivity index (χ0v) is 9.83. The van der Waals surface area contributed by atoms with Crippen LogP contribution in [0, 0.1) is 0 Å². The van der Waals surface area contributed by atoms with Crippen LogP contribution in [0.1, 0.15) is 18.1 Å². The van der Waals surface area contributed by atoms with Crippen LogP contribution < -0.4 is 4.74 Å². The van der Waals surface area contributed by atoms with Crippen LogP contribution in [0.15, 0.2) is 18.2 Å². The molecule has 6 nitrogen and oxygen atoms in total. The first-order chi connectivity index (χ1) is 9.10. The number of phenols is 1. The van der Waals surface area contributed by atoms with Crippen molar-refractivity contribution in [3.63, 3.8) is 0 Å². The lowest BCUT2D eigenvalue weighted by Crippen LogP contribution is -2.22. The number of aliphatic hydroxyl groups is 2. The van der Waals surface area contributed by atoms with Crippen LogP contribution >= 0.6 is 0 Å². The summed E-state index contributed by atoms with van der Waals surface area (Å²) in [5, 5.41) is 36.9. The van der Waals surface area contributed by atoms with Gasteiger partial charge in [0, 0.05) is 11.6 Å². The molecule has 0 radical (unpaired) electrons. The molecule has 0 saturated carbocycles. The first-order valence-corrected chi connectivity index (χ1v) is 5.26. The minimum Gasteiger partial charge on any atom is -0.507 e. The smallest absolute Gasteiger partial charge is 0.507 e. The van der Waals surface area contributed by atoms with E-state index in [1.807, 2.05) is 0 Å². The van der Waals surface area contributed by atoms with Crippen molar-refractivity contribution in [1.29, 1.82) is 0 Å². The van der Waals surface area contributed by atoms with E-state index in [0.717, 1.165) is 12.1 Å². The number of carboxylic acids is 1. The van der Waals surface area contributed by atoms with E-state index in [4.69, 9.17) is 5.11 Å². The molecule has 0 amide bonds. The summed E-state index contributed by atoms with van der Waals surface area (Å²) in [5.41, 5.74) is -0.312. The van der Waals surface area contributed by atoms with Crippen LogP contribution in [-0.4, -0.2) is 38.9 Å². The van der Waals surface area contributed by atoms with Crippen LogP contribution in [0.2, 0.25) is 0 Å². The highest BCUT2D eigenvalue weighted by Gasteiger charge is 2.32. The fraction of sp³-hybridized carbons (Fsp3) is 0.364. The minimum atomic E-state index is -4.94. The number of alkyl halides is 3.